The predicted molar refractivity (Wildman–Crippen MR) is 62.1 cm³/mol. The van der Waals surface area contributed by atoms with Crippen molar-refractivity contribution >= 4 is 11.3 Å². The first-order valence-corrected chi connectivity index (χ1v) is 6.46. The third kappa shape index (κ3) is 3.26. The Hall–Kier alpha value is -0.450. The van der Waals surface area contributed by atoms with Crippen LogP contribution in [-0.4, -0.2) is 24.7 Å². The molecule has 3 nitrogen and oxygen atoms in total. The van der Waals surface area contributed by atoms with Gasteiger partial charge in [-0.15, -0.1) is 11.3 Å². The first-order chi connectivity index (χ1) is 7.36. The summed E-state index contributed by atoms with van der Waals surface area (Å²) in [7, 11) is 0. The van der Waals surface area contributed by atoms with Gasteiger partial charge < -0.3 is 10.1 Å². The zero-order chi connectivity index (χ0) is 10.5. The molecule has 0 saturated carbocycles. The van der Waals surface area contributed by atoms with Crippen LogP contribution < -0.4 is 5.32 Å². The number of ether oxygens (including phenoxy) is 1. The van der Waals surface area contributed by atoms with Crippen LogP contribution in [0.1, 0.15) is 30.9 Å². The van der Waals surface area contributed by atoms with Crippen molar-refractivity contribution in [3.8, 4) is 0 Å². The number of piperidine rings is 1. The summed E-state index contributed by atoms with van der Waals surface area (Å²) in [4.78, 5) is 4.26. The SMILES string of the molecule is C[C@H](OCC1CCNCC1)c1nccs1. The number of hydrogen-bond acceptors (Lipinski definition) is 4. The molecule has 0 aromatic carbocycles. The Morgan fingerprint density at radius 2 is 2.40 bits per heavy atom. The molecule has 1 atom stereocenters. The van der Waals surface area contributed by atoms with Gasteiger partial charge in [0.15, 0.2) is 0 Å². The van der Waals surface area contributed by atoms with Crippen LogP contribution >= 0.6 is 11.3 Å². The Morgan fingerprint density at radius 3 is 3.07 bits per heavy atom. The summed E-state index contributed by atoms with van der Waals surface area (Å²) >= 11 is 1.67. The van der Waals surface area contributed by atoms with Crippen molar-refractivity contribution in [2.75, 3.05) is 19.7 Å². The molecule has 0 bridgehead atoms. The number of thiazole rings is 1. The third-order valence-corrected chi connectivity index (χ3v) is 3.78. The van der Waals surface area contributed by atoms with E-state index in [1.54, 1.807) is 11.3 Å². The molecule has 1 aromatic rings. The van der Waals surface area contributed by atoms with Gasteiger partial charge in [0, 0.05) is 11.6 Å². The number of rotatable bonds is 4. The minimum atomic E-state index is 0.153. The fraction of sp³-hybridized carbons (Fsp3) is 0.727. The lowest BCUT2D eigenvalue weighted by molar-refractivity contribution is 0.0318. The molecule has 0 aliphatic carbocycles. The fourth-order valence-electron chi connectivity index (χ4n) is 1.84. The van der Waals surface area contributed by atoms with E-state index in [-0.39, 0.29) is 6.10 Å². The van der Waals surface area contributed by atoms with Crippen LogP contribution in [0.3, 0.4) is 0 Å². The lowest BCUT2D eigenvalue weighted by Crippen LogP contribution is -2.30. The van der Waals surface area contributed by atoms with Gasteiger partial charge in [-0.2, -0.15) is 0 Å². The third-order valence-electron chi connectivity index (χ3n) is 2.84. The van der Waals surface area contributed by atoms with E-state index in [0.717, 1.165) is 30.6 Å². The molecule has 1 N–H and O–H groups in total. The molecule has 0 radical (unpaired) electrons. The van der Waals surface area contributed by atoms with Gasteiger partial charge >= 0.3 is 0 Å². The fourth-order valence-corrected chi connectivity index (χ4v) is 2.48. The lowest BCUT2D eigenvalue weighted by Gasteiger charge is -2.23. The molecule has 1 saturated heterocycles. The summed E-state index contributed by atoms with van der Waals surface area (Å²) in [6.45, 7) is 5.24. The minimum Gasteiger partial charge on any atom is -0.371 e. The number of hydrogen-bond donors (Lipinski definition) is 1. The molecule has 1 aromatic heterocycles. The van der Waals surface area contributed by atoms with Gasteiger partial charge in [-0.1, -0.05) is 0 Å². The maximum Gasteiger partial charge on any atom is 0.121 e. The van der Waals surface area contributed by atoms with Crippen LogP contribution in [0.25, 0.3) is 0 Å². The van der Waals surface area contributed by atoms with Gasteiger partial charge in [-0.3, -0.25) is 0 Å². The largest absolute Gasteiger partial charge is 0.371 e. The average molecular weight is 226 g/mol. The molecule has 84 valence electrons. The molecule has 0 amide bonds. The molecule has 1 fully saturated rings. The van der Waals surface area contributed by atoms with E-state index >= 15 is 0 Å². The van der Waals surface area contributed by atoms with E-state index in [9.17, 15) is 0 Å². The summed E-state index contributed by atoms with van der Waals surface area (Å²) < 4.78 is 5.85. The van der Waals surface area contributed by atoms with Gasteiger partial charge in [0.2, 0.25) is 0 Å². The quantitative estimate of drug-likeness (QED) is 0.855. The van der Waals surface area contributed by atoms with Crippen LogP contribution in [-0.2, 0) is 4.74 Å². The van der Waals surface area contributed by atoms with Gasteiger partial charge in [0.25, 0.3) is 0 Å². The van der Waals surface area contributed by atoms with Gasteiger partial charge in [0.05, 0.1) is 6.61 Å². The minimum absolute atomic E-state index is 0.153. The highest BCUT2D eigenvalue weighted by Crippen LogP contribution is 2.21. The van der Waals surface area contributed by atoms with E-state index in [1.165, 1.54) is 12.8 Å². The second kappa shape index (κ2) is 5.58. The van der Waals surface area contributed by atoms with E-state index in [4.69, 9.17) is 4.74 Å². The summed E-state index contributed by atoms with van der Waals surface area (Å²) in [6.07, 6.45) is 4.47. The summed E-state index contributed by atoms with van der Waals surface area (Å²) in [5.41, 5.74) is 0. The summed E-state index contributed by atoms with van der Waals surface area (Å²) in [6, 6.07) is 0. The van der Waals surface area contributed by atoms with Crippen molar-refractivity contribution in [1.29, 1.82) is 0 Å². The molecule has 2 rings (SSSR count). The van der Waals surface area contributed by atoms with Gasteiger partial charge in [-0.25, -0.2) is 4.98 Å². The van der Waals surface area contributed by atoms with Crippen LogP contribution in [0.4, 0.5) is 0 Å². The number of nitrogens with one attached hydrogen (secondary N) is 1. The van der Waals surface area contributed by atoms with Crippen LogP contribution in [0.15, 0.2) is 11.6 Å². The Balaban J connectivity index is 1.73. The van der Waals surface area contributed by atoms with Crippen molar-refractivity contribution in [2.45, 2.75) is 25.9 Å². The first-order valence-electron chi connectivity index (χ1n) is 5.58. The Labute approximate surface area is 94.9 Å². The topological polar surface area (TPSA) is 34.1 Å². The van der Waals surface area contributed by atoms with E-state index < -0.39 is 0 Å². The normalized spacial score (nSPS) is 20.3. The average Bonchev–Trinajstić information content (AvgIpc) is 2.81. The maximum absolute atomic E-state index is 5.85. The molecule has 15 heavy (non-hydrogen) atoms. The van der Waals surface area contributed by atoms with Crippen LogP contribution in [0, 0.1) is 5.92 Å². The zero-order valence-corrected chi connectivity index (χ0v) is 9.93. The standard InChI is InChI=1S/C11H18N2OS/c1-9(11-13-6-7-15-11)14-8-10-2-4-12-5-3-10/h6-7,9-10,12H,2-5,8H2,1H3/t9-/m0/s1. The van der Waals surface area contributed by atoms with Crippen molar-refractivity contribution in [3.05, 3.63) is 16.6 Å². The van der Waals surface area contributed by atoms with Crippen LogP contribution in [0.2, 0.25) is 0 Å². The van der Waals surface area contributed by atoms with E-state index in [1.807, 2.05) is 11.6 Å². The highest BCUT2D eigenvalue weighted by atomic mass is 32.1. The lowest BCUT2D eigenvalue weighted by atomic mass is 9.99. The molecular formula is C11H18N2OS. The van der Waals surface area contributed by atoms with Crippen molar-refractivity contribution in [2.24, 2.45) is 5.92 Å². The van der Waals surface area contributed by atoms with Crippen molar-refractivity contribution in [3.63, 3.8) is 0 Å². The molecule has 1 aliphatic rings. The Bertz CT molecular complexity index is 270. The highest BCUT2D eigenvalue weighted by Gasteiger charge is 2.15. The van der Waals surface area contributed by atoms with Crippen LogP contribution in [0.5, 0.6) is 0 Å². The molecular weight excluding hydrogens is 208 g/mol. The van der Waals surface area contributed by atoms with Crippen molar-refractivity contribution in [1.82, 2.24) is 10.3 Å². The molecule has 2 heterocycles. The van der Waals surface area contributed by atoms with Gasteiger partial charge in [-0.05, 0) is 38.8 Å². The monoisotopic (exact) mass is 226 g/mol. The highest BCUT2D eigenvalue weighted by molar-refractivity contribution is 7.09. The first kappa shape index (κ1) is 11.0. The summed E-state index contributed by atoms with van der Waals surface area (Å²) in [5.74, 6) is 0.730. The molecule has 4 heteroatoms. The second-order valence-corrected chi connectivity index (χ2v) is 4.97. The van der Waals surface area contributed by atoms with Gasteiger partial charge in [0.1, 0.15) is 11.1 Å². The predicted octanol–water partition coefficient (Wildman–Crippen LogP) is 2.22. The molecule has 1 aliphatic heterocycles. The van der Waals surface area contributed by atoms with Crippen molar-refractivity contribution < 1.29 is 4.74 Å². The Morgan fingerprint density at radius 1 is 1.60 bits per heavy atom. The zero-order valence-electron chi connectivity index (χ0n) is 9.11. The van der Waals surface area contributed by atoms with E-state index in [0.29, 0.717) is 0 Å². The second-order valence-electron chi connectivity index (χ2n) is 4.04. The molecule has 0 spiro atoms. The number of nitrogens with zero attached hydrogens (tertiary/aromatic N) is 1. The Kier molecular flexibility index (Phi) is 4.11. The molecule has 0 unspecified atom stereocenters. The van der Waals surface area contributed by atoms with E-state index in [2.05, 4.69) is 17.2 Å². The maximum atomic E-state index is 5.85. The number of aromatic nitrogens is 1. The smallest absolute Gasteiger partial charge is 0.121 e. The summed E-state index contributed by atoms with van der Waals surface area (Å²) in [5, 5.41) is 6.45.